The molecule has 0 N–H and O–H groups in total. The van der Waals surface area contributed by atoms with Crippen molar-refractivity contribution in [2.75, 3.05) is 11.5 Å². The molecule has 1 aliphatic rings. The molecule has 1 rings (SSSR count). The maximum atomic E-state index is 11.8. The van der Waals surface area contributed by atoms with Gasteiger partial charge in [0.15, 0.2) is 0 Å². The molecule has 0 aromatic rings. The van der Waals surface area contributed by atoms with Crippen molar-refractivity contribution in [2.24, 2.45) is 0 Å². The van der Waals surface area contributed by atoms with Crippen LogP contribution in [0.5, 0.6) is 0 Å². The van der Waals surface area contributed by atoms with Crippen LogP contribution < -0.4 is 0 Å². The summed E-state index contributed by atoms with van der Waals surface area (Å²) in [6, 6.07) is 0. The molecule has 0 saturated carbocycles. The fourth-order valence-electron chi connectivity index (χ4n) is 0.851. The Kier molecular flexibility index (Phi) is 1.98. The van der Waals surface area contributed by atoms with Crippen LogP contribution in [0.1, 0.15) is 6.42 Å². The summed E-state index contributed by atoms with van der Waals surface area (Å²) in [5, 5.41) is 0. The second-order valence-electron chi connectivity index (χ2n) is 2.25. The quantitative estimate of drug-likeness (QED) is 0.523. The van der Waals surface area contributed by atoms with Crippen LogP contribution in [0.2, 0.25) is 5.82 Å². The predicted molar refractivity (Wildman–Crippen MR) is 34.8 cm³/mol. The number of hydrogen-bond acceptors (Lipinski definition) is 1. The Balaban J connectivity index is 2.42. The molecule has 0 aromatic carbocycles. The van der Waals surface area contributed by atoms with Gasteiger partial charge in [0.2, 0.25) is 0 Å². The van der Waals surface area contributed by atoms with E-state index in [1.807, 2.05) is 0 Å². The second-order valence-corrected chi connectivity index (χ2v) is 3.40. The molecule has 1 saturated heterocycles. The zero-order valence-electron chi connectivity index (χ0n) is 4.82. The van der Waals surface area contributed by atoms with E-state index in [-0.39, 0.29) is 0 Å². The minimum absolute atomic E-state index is 0.295. The molecule has 1 unspecified atom stereocenters. The van der Waals surface area contributed by atoms with Crippen molar-refractivity contribution >= 4 is 18.7 Å². The fourth-order valence-corrected chi connectivity index (χ4v) is 2.17. The third-order valence-electron chi connectivity index (χ3n) is 1.50. The normalized spacial score (nSPS) is 29.0. The van der Waals surface area contributed by atoms with Crippen LogP contribution in [-0.2, 0) is 0 Å². The summed E-state index contributed by atoms with van der Waals surface area (Å²) in [5.41, 5.74) is 0. The molecule has 54 valence electrons. The average molecular weight is 155 g/mol. The lowest BCUT2D eigenvalue weighted by atomic mass is 9.72. The Bertz CT molecular complexity index is 96.5. The van der Waals surface area contributed by atoms with Gasteiger partial charge in [-0.15, -0.1) is 0 Å². The molecule has 0 amide bonds. The van der Waals surface area contributed by atoms with Crippen LogP contribution in [0, 0.1) is 0 Å². The third-order valence-corrected chi connectivity index (χ3v) is 2.69. The molecule has 0 nitrogen and oxygen atoms in total. The highest BCUT2D eigenvalue weighted by molar-refractivity contribution is 7.99. The van der Waals surface area contributed by atoms with Crippen LogP contribution in [0.25, 0.3) is 0 Å². The van der Waals surface area contributed by atoms with Crippen LogP contribution in [0.4, 0.5) is 12.9 Å². The first-order chi connectivity index (χ1) is 4.11. The highest BCUT2D eigenvalue weighted by Gasteiger charge is 2.36. The molecule has 1 atom stereocenters. The monoisotopic (exact) mass is 155 g/mol. The molecule has 1 aliphatic heterocycles. The zero-order chi connectivity index (χ0) is 6.91. The van der Waals surface area contributed by atoms with Crippen molar-refractivity contribution in [2.45, 2.75) is 12.2 Å². The minimum atomic E-state index is -4.53. The van der Waals surface area contributed by atoms with Gasteiger partial charge in [0.05, 0.1) is 0 Å². The average Bonchev–Trinajstić information content (AvgIpc) is 2.08. The smallest absolute Gasteiger partial charge is 0.449 e. The Hall–Kier alpha value is 0.205. The lowest BCUT2D eigenvalue weighted by Gasteiger charge is -2.20. The van der Waals surface area contributed by atoms with Crippen molar-refractivity contribution in [3.63, 3.8) is 0 Å². The predicted octanol–water partition coefficient (Wildman–Crippen LogP) is 2.34. The maximum absolute atomic E-state index is 11.8. The number of hydrogen-bond donors (Lipinski definition) is 0. The van der Waals surface area contributed by atoms with E-state index in [0.29, 0.717) is 17.9 Å². The van der Waals surface area contributed by atoms with Gasteiger partial charge in [-0.3, -0.25) is 0 Å². The van der Waals surface area contributed by atoms with Gasteiger partial charge in [-0.25, -0.2) is 0 Å². The van der Waals surface area contributed by atoms with Gasteiger partial charge in [0.25, 0.3) is 0 Å². The summed E-state index contributed by atoms with van der Waals surface area (Å²) < 4.78 is 35.4. The topological polar surface area (TPSA) is 0 Å². The number of halogens is 3. The Labute approximate surface area is 56.3 Å². The number of thioether (sulfide) groups is 1. The Morgan fingerprint density at radius 2 is 2.00 bits per heavy atom. The third kappa shape index (κ3) is 1.81. The highest BCUT2D eigenvalue weighted by atomic mass is 32.2. The lowest BCUT2D eigenvalue weighted by molar-refractivity contribution is 0.441. The molecular weight excluding hydrogens is 148 g/mol. The van der Waals surface area contributed by atoms with E-state index in [9.17, 15) is 12.9 Å². The molecule has 1 heterocycles. The molecule has 0 bridgehead atoms. The van der Waals surface area contributed by atoms with Crippen LogP contribution in [-0.4, -0.2) is 18.5 Å². The SMILES string of the molecule is F[B-](F)(F)C1CCSC1. The molecular formula is C4H7BF3S-. The van der Waals surface area contributed by atoms with Gasteiger partial charge in [0.1, 0.15) is 0 Å². The molecule has 0 radical (unpaired) electrons. The van der Waals surface area contributed by atoms with E-state index in [1.54, 1.807) is 0 Å². The first-order valence-corrected chi connectivity index (χ1v) is 4.04. The van der Waals surface area contributed by atoms with Gasteiger partial charge in [-0.1, -0.05) is 12.2 Å². The Morgan fingerprint density at radius 1 is 1.33 bits per heavy atom. The molecule has 0 aromatic heterocycles. The molecule has 0 aliphatic carbocycles. The van der Waals surface area contributed by atoms with Crippen molar-refractivity contribution in [1.29, 1.82) is 0 Å². The van der Waals surface area contributed by atoms with Crippen molar-refractivity contribution < 1.29 is 12.9 Å². The van der Waals surface area contributed by atoms with Gasteiger partial charge < -0.3 is 12.9 Å². The first-order valence-electron chi connectivity index (χ1n) is 2.88. The standard InChI is InChI=1S/C4H7BF3S/c6-5(7,8)4-1-2-9-3-4/h4H,1-3H2/q-1. The maximum Gasteiger partial charge on any atom is 0.482 e. The van der Waals surface area contributed by atoms with E-state index in [0.717, 1.165) is 0 Å². The van der Waals surface area contributed by atoms with E-state index in [1.165, 1.54) is 11.8 Å². The molecule has 0 spiro atoms. The molecule has 1 fully saturated rings. The van der Waals surface area contributed by atoms with Crippen molar-refractivity contribution in [1.82, 2.24) is 0 Å². The summed E-state index contributed by atoms with van der Waals surface area (Å²) in [6.07, 6.45) is 0.341. The van der Waals surface area contributed by atoms with Crippen LogP contribution in [0.15, 0.2) is 0 Å². The molecule has 5 heteroatoms. The Morgan fingerprint density at radius 3 is 2.22 bits per heavy atom. The first kappa shape index (κ1) is 7.31. The van der Waals surface area contributed by atoms with Crippen LogP contribution in [0.3, 0.4) is 0 Å². The van der Waals surface area contributed by atoms with E-state index in [4.69, 9.17) is 0 Å². The lowest BCUT2D eigenvalue weighted by Crippen LogP contribution is -2.23. The van der Waals surface area contributed by atoms with Gasteiger partial charge in [0, 0.05) is 0 Å². The second kappa shape index (κ2) is 2.44. The largest absolute Gasteiger partial charge is 0.482 e. The van der Waals surface area contributed by atoms with E-state index < -0.39 is 12.8 Å². The summed E-state index contributed by atoms with van der Waals surface area (Å²) in [5.74, 6) is 0.0186. The van der Waals surface area contributed by atoms with Crippen molar-refractivity contribution in [3.8, 4) is 0 Å². The van der Waals surface area contributed by atoms with Crippen molar-refractivity contribution in [3.05, 3.63) is 0 Å². The van der Waals surface area contributed by atoms with Crippen LogP contribution >= 0.6 is 11.8 Å². The summed E-state index contributed by atoms with van der Waals surface area (Å²) in [7, 11) is 0. The van der Waals surface area contributed by atoms with Gasteiger partial charge in [-0.05, 0) is 11.5 Å². The highest BCUT2D eigenvalue weighted by Crippen LogP contribution is 2.38. The van der Waals surface area contributed by atoms with Gasteiger partial charge in [-0.2, -0.15) is 11.8 Å². The fraction of sp³-hybridized carbons (Fsp3) is 1.00. The minimum Gasteiger partial charge on any atom is -0.449 e. The van der Waals surface area contributed by atoms with Gasteiger partial charge >= 0.3 is 6.98 Å². The summed E-state index contributed by atoms with van der Waals surface area (Å²) in [4.78, 5) is 0. The summed E-state index contributed by atoms with van der Waals surface area (Å²) >= 11 is 1.40. The summed E-state index contributed by atoms with van der Waals surface area (Å²) in [6.45, 7) is -4.53. The van der Waals surface area contributed by atoms with E-state index >= 15 is 0 Å². The zero-order valence-corrected chi connectivity index (χ0v) is 5.63. The van der Waals surface area contributed by atoms with E-state index in [2.05, 4.69) is 0 Å². The number of rotatable bonds is 1. The molecule has 9 heavy (non-hydrogen) atoms.